The monoisotopic (exact) mass is 1010 g/mol. The predicted molar refractivity (Wildman–Crippen MR) is 308 cm³/mol. The van der Waals surface area contributed by atoms with Crippen LogP contribution in [0.25, 0.3) is 0 Å². The Morgan fingerprint density at radius 2 is 0.767 bits per heavy atom. The fraction of sp³-hybridized carbons (Fsp3) is 0.547. The quantitative estimate of drug-likeness (QED) is 0.0211. The van der Waals surface area contributed by atoms with E-state index >= 15 is 0 Å². The molecule has 2 atom stereocenters. The van der Waals surface area contributed by atoms with E-state index in [0.29, 0.717) is 23.9 Å². The molecule has 9 heteroatoms. The number of esters is 2. The Kier molecular flexibility index (Phi) is 49.5. The van der Waals surface area contributed by atoms with Crippen LogP contribution >= 0.6 is 0 Å². The van der Waals surface area contributed by atoms with Crippen LogP contribution in [0.5, 0.6) is 0 Å². The van der Waals surface area contributed by atoms with Gasteiger partial charge in [-0.05, 0) is 109 Å². The molecule has 0 rings (SSSR count). The van der Waals surface area contributed by atoms with Crippen molar-refractivity contribution in [3.8, 4) is 0 Å². The van der Waals surface area contributed by atoms with Gasteiger partial charge in [-0.2, -0.15) is 0 Å². The van der Waals surface area contributed by atoms with Crippen LogP contribution in [0.1, 0.15) is 168 Å². The molecule has 0 aromatic heterocycles. The summed E-state index contributed by atoms with van der Waals surface area (Å²) in [6.07, 6.45) is 76.1. The number of nitrogens with zero attached hydrogens (tertiary/aromatic N) is 1. The molecule has 0 saturated carbocycles. The highest BCUT2D eigenvalue weighted by Crippen LogP contribution is 2.12. The summed E-state index contributed by atoms with van der Waals surface area (Å²) in [7, 11) is 5.92. The van der Waals surface area contributed by atoms with E-state index in [4.69, 9.17) is 18.9 Å². The molecule has 0 amide bonds. The maximum Gasteiger partial charge on any atom is 0.361 e. The Balaban J connectivity index is 4.44. The smallest absolute Gasteiger partial charge is 0.361 e. The van der Waals surface area contributed by atoms with Gasteiger partial charge in [-0.1, -0.05) is 204 Å². The topological polar surface area (TPSA) is 108 Å². The molecule has 0 bridgehead atoms. The molecule has 0 aliphatic rings. The maximum absolute atomic E-state index is 12.9. The molecule has 73 heavy (non-hydrogen) atoms. The number of quaternary nitrogens is 1. The molecule has 0 saturated heterocycles. The Bertz CT molecular complexity index is 1750. The number of carbonyl (C=O) groups is 3. The van der Waals surface area contributed by atoms with Crippen molar-refractivity contribution in [1.82, 2.24) is 0 Å². The number of rotatable bonds is 48. The SMILES string of the molecule is CC/C=C\C/C=C\C/C=C\C/C=C\C/C=C\C/C=C\C/C=C\CCCCCCCCCC(=O)OC(COC(=O)CC/C=C\C/C=C\C/C=C\C/C=C\C/C=C\C/C=C\CC)COC(OCC[N+](C)(C)C)C(=O)O. The van der Waals surface area contributed by atoms with Crippen molar-refractivity contribution < 1.29 is 42.9 Å². The van der Waals surface area contributed by atoms with E-state index in [1.807, 2.05) is 33.3 Å². The number of likely N-dealkylation sites (N-methyl/N-ethyl adjacent to an activating group) is 1. The first-order chi connectivity index (χ1) is 35.6. The molecule has 0 aromatic rings. The Labute approximate surface area is 444 Å². The number of carboxylic acid groups (broad SMARTS) is 1. The number of carboxylic acids is 1. The summed E-state index contributed by atoms with van der Waals surface area (Å²) >= 11 is 0. The van der Waals surface area contributed by atoms with Crippen LogP contribution in [0.2, 0.25) is 0 Å². The second kappa shape index (κ2) is 53.2. The second-order valence-electron chi connectivity index (χ2n) is 18.8. The zero-order valence-corrected chi connectivity index (χ0v) is 46.2. The fourth-order valence-corrected chi connectivity index (χ4v) is 6.60. The summed E-state index contributed by atoms with van der Waals surface area (Å²) in [5.41, 5.74) is 0. The number of carbonyl (C=O) groups excluding carboxylic acids is 2. The number of unbranched alkanes of at least 4 members (excludes halogenated alkanes) is 7. The molecule has 0 fully saturated rings. The van der Waals surface area contributed by atoms with Crippen molar-refractivity contribution in [3.63, 3.8) is 0 Å². The molecule has 408 valence electrons. The highest BCUT2D eigenvalue weighted by molar-refractivity contribution is 5.71. The molecule has 0 aliphatic carbocycles. The minimum absolute atomic E-state index is 0.164. The Morgan fingerprint density at radius 3 is 1.15 bits per heavy atom. The van der Waals surface area contributed by atoms with Gasteiger partial charge in [-0.25, -0.2) is 4.79 Å². The summed E-state index contributed by atoms with van der Waals surface area (Å²) < 4.78 is 22.7. The van der Waals surface area contributed by atoms with Gasteiger partial charge in [0.05, 0.1) is 34.4 Å². The first-order valence-corrected chi connectivity index (χ1v) is 27.6. The number of hydrogen-bond donors (Lipinski definition) is 1. The van der Waals surface area contributed by atoms with Gasteiger partial charge in [0, 0.05) is 12.8 Å². The van der Waals surface area contributed by atoms with E-state index in [-0.39, 0.29) is 32.7 Å². The molecule has 9 nitrogen and oxygen atoms in total. The molecule has 1 N–H and O–H groups in total. The Hall–Kier alpha value is -5.09. The zero-order valence-electron chi connectivity index (χ0n) is 46.2. The van der Waals surface area contributed by atoms with Crippen LogP contribution in [0.4, 0.5) is 0 Å². The number of ether oxygens (including phenoxy) is 4. The maximum atomic E-state index is 12.9. The lowest BCUT2D eigenvalue weighted by atomic mass is 10.1. The predicted octanol–water partition coefficient (Wildman–Crippen LogP) is 16.2. The van der Waals surface area contributed by atoms with Crippen molar-refractivity contribution in [3.05, 3.63) is 158 Å². The van der Waals surface area contributed by atoms with Crippen molar-refractivity contribution in [1.29, 1.82) is 0 Å². The molecule has 0 aliphatic heterocycles. The van der Waals surface area contributed by atoms with Gasteiger partial charge < -0.3 is 28.5 Å². The summed E-state index contributed by atoms with van der Waals surface area (Å²) in [5.74, 6) is -2.16. The van der Waals surface area contributed by atoms with Crippen molar-refractivity contribution >= 4 is 17.9 Å². The third-order valence-corrected chi connectivity index (χ3v) is 10.8. The van der Waals surface area contributed by atoms with E-state index in [1.54, 1.807) is 0 Å². The van der Waals surface area contributed by atoms with Crippen LogP contribution in [0.3, 0.4) is 0 Å². The van der Waals surface area contributed by atoms with Gasteiger partial charge in [-0.3, -0.25) is 9.59 Å². The van der Waals surface area contributed by atoms with E-state index in [0.717, 1.165) is 116 Å². The van der Waals surface area contributed by atoms with Crippen molar-refractivity contribution in [2.75, 3.05) is 47.5 Å². The van der Waals surface area contributed by atoms with Crippen LogP contribution in [0, 0.1) is 0 Å². The van der Waals surface area contributed by atoms with Crippen molar-refractivity contribution in [2.45, 2.75) is 180 Å². The standard InChI is InChI=1S/C64H99NO8/c1-6-8-10-12-14-16-18-20-22-24-26-27-28-29-30-31-32-33-34-35-37-39-41-43-45-47-49-51-53-55-62(67)73-60(59-72-64(63(68)69)70-57-56-65(3,4)5)58-71-61(66)54-52-50-48-46-44-42-40-38-36-25-23-21-19-17-15-13-11-9-7-2/h8-11,14-17,20-23,26-27,29-30,32-33,35-38,42,44,48,50,60,64H,6-7,12-13,18-19,24-25,28,31,34,39-41,43,45-47,49,51-59H2,1-5H3/p+1/b10-8-,11-9-,16-14-,17-15-,22-20-,23-21-,27-26-,30-29-,33-32-,37-35-,38-36-,44-42-,50-48-. The molecular weight excluding hydrogens is 911 g/mol. The van der Waals surface area contributed by atoms with Gasteiger partial charge in [0.15, 0.2) is 6.10 Å². The second-order valence-corrected chi connectivity index (χ2v) is 18.8. The minimum Gasteiger partial charge on any atom is -0.477 e. The minimum atomic E-state index is -1.54. The van der Waals surface area contributed by atoms with E-state index in [2.05, 4.69) is 160 Å². The van der Waals surface area contributed by atoms with Crippen LogP contribution in [-0.4, -0.2) is 87.4 Å². The first-order valence-electron chi connectivity index (χ1n) is 27.6. The molecule has 0 radical (unpaired) electrons. The average Bonchev–Trinajstić information content (AvgIpc) is 3.36. The van der Waals surface area contributed by atoms with Gasteiger partial charge >= 0.3 is 17.9 Å². The number of hydrogen-bond acceptors (Lipinski definition) is 7. The summed E-state index contributed by atoms with van der Waals surface area (Å²) in [4.78, 5) is 37.3. The van der Waals surface area contributed by atoms with Crippen LogP contribution in [0.15, 0.2) is 158 Å². The average molecular weight is 1010 g/mol. The zero-order chi connectivity index (χ0) is 53.4. The normalized spacial score (nSPS) is 14.0. The number of aliphatic carboxylic acids is 1. The van der Waals surface area contributed by atoms with Crippen LogP contribution < -0.4 is 0 Å². The van der Waals surface area contributed by atoms with E-state index in [9.17, 15) is 19.5 Å². The Morgan fingerprint density at radius 1 is 0.411 bits per heavy atom. The first kappa shape index (κ1) is 67.9. The fourth-order valence-electron chi connectivity index (χ4n) is 6.60. The third-order valence-electron chi connectivity index (χ3n) is 10.8. The van der Waals surface area contributed by atoms with E-state index < -0.39 is 30.3 Å². The van der Waals surface area contributed by atoms with Crippen LogP contribution in [-0.2, 0) is 33.3 Å². The lowest BCUT2D eigenvalue weighted by molar-refractivity contribution is -0.870. The van der Waals surface area contributed by atoms with E-state index in [1.165, 1.54) is 12.8 Å². The lowest BCUT2D eigenvalue weighted by Gasteiger charge is -2.25. The van der Waals surface area contributed by atoms with Crippen molar-refractivity contribution in [2.24, 2.45) is 0 Å². The van der Waals surface area contributed by atoms with Gasteiger partial charge in [0.1, 0.15) is 13.2 Å². The summed E-state index contributed by atoms with van der Waals surface area (Å²) in [6.45, 7) is 4.51. The van der Waals surface area contributed by atoms with Gasteiger partial charge in [0.2, 0.25) is 0 Å². The largest absolute Gasteiger partial charge is 0.477 e. The molecule has 0 heterocycles. The highest BCUT2D eigenvalue weighted by atomic mass is 16.7. The third kappa shape index (κ3) is 54.5. The van der Waals surface area contributed by atoms with Gasteiger partial charge in [0.25, 0.3) is 6.29 Å². The molecule has 2 unspecified atom stereocenters. The molecule has 0 spiro atoms. The highest BCUT2D eigenvalue weighted by Gasteiger charge is 2.25. The summed E-state index contributed by atoms with van der Waals surface area (Å²) in [5, 5.41) is 9.69. The lowest BCUT2D eigenvalue weighted by Crippen LogP contribution is -2.40. The molecule has 0 aromatic carbocycles. The number of allylic oxidation sites excluding steroid dienone is 26. The molecular formula is C64H100NO8+. The summed E-state index contributed by atoms with van der Waals surface area (Å²) in [6, 6.07) is 0. The van der Waals surface area contributed by atoms with Gasteiger partial charge in [-0.15, -0.1) is 0 Å².